The summed E-state index contributed by atoms with van der Waals surface area (Å²) in [6.45, 7) is 5.40. The van der Waals surface area contributed by atoms with Crippen molar-refractivity contribution >= 4 is 0 Å². The van der Waals surface area contributed by atoms with Gasteiger partial charge in [-0.2, -0.15) is 0 Å². The molecule has 0 atom stereocenters. The molecular formula is C29H31N7O. The highest BCUT2D eigenvalue weighted by Crippen LogP contribution is 2.28. The van der Waals surface area contributed by atoms with Crippen LogP contribution in [0.25, 0.3) is 22.6 Å². The van der Waals surface area contributed by atoms with Crippen molar-refractivity contribution in [3.63, 3.8) is 0 Å². The maximum absolute atomic E-state index is 13.6. The number of nitrogens with zero attached hydrogens (tertiary/aromatic N) is 6. The minimum Gasteiger partial charge on any atom is -0.292 e. The molecule has 5 rings (SSSR count). The van der Waals surface area contributed by atoms with E-state index in [0.717, 1.165) is 59.3 Å². The van der Waals surface area contributed by atoms with Crippen molar-refractivity contribution in [1.82, 2.24) is 34.7 Å². The second kappa shape index (κ2) is 11.2. The number of imidazole rings is 1. The Morgan fingerprint density at radius 3 is 2.35 bits per heavy atom. The van der Waals surface area contributed by atoms with Gasteiger partial charge in [-0.3, -0.25) is 14.1 Å². The number of unbranched alkanes of at least 4 members (excludes halogenated alkanes) is 2. The molecule has 3 heterocycles. The standard InChI is InChI=1S/C29H31N7O/c1-3-4-6-13-26-21(2)35(19-22-10-7-5-8-11-22)29(37)36(26)20-23-14-16-24(17-15-23)25-12-9-18-30-27(25)28-31-33-34-32-28/h5,7-12,14-18H,3-4,6,13,19-20H2,1-2H3,(H,31,32,33,34). The Hall–Kier alpha value is -4.33. The first-order valence-electron chi connectivity index (χ1n) is 12.8. The summed E-state index contributed by atoms with van der Waals surface area (Å²) in [5, 5.41) is 14.2. The summed E-state index contributed by atoms with van der Waals surface area (Å²) < 4.78 is 3.87. The first-order valence-corrected chi connectivity index (χ1v) is 12.8. The number of aromatic nitrogens is 7. The molecule has 188 valence electrons. The largest absolute Gasteiger partial charge is 0.329 e. The second-order valence-electron chi connectivity index (χ2n) is 9.28. The van der Waals surface area contributed by atoms with Crippen LogP contribution in [0.2, 0.25) is 0 Å². The second-order valence-corrected chi connectivity index (χ2v) is 9.28. The van der Waals surface area contributed by atoms with E-state index in [-0.39, 0.29) is 5.69 Å². The number of hydrogen-bond donors (Lipinski definition) is 1. The molecular weight excluding hydrogens is 462 g/mol. The average molecular weight is 494 g/mol. The van der Waals surface area contributed by atoms with E-state index < -0.39 is 0 Å². The molecule has 0 aliphatic carbocycles. The van der Waals surface area contributed by atoms with Gasteiger partial charge in [-0.1, -0.05) is 80.4 Å². The molecule has 0 bridgehead atoms. The quantitative estimate of drug-likeness (QED) is 0.275. The van der Waals surface area contributed by atoms with E-state index in [1.807, 2.05) is 39.5 Å². The van der Waals surface area contributed by atoms with Crippen LogP contribution in [0.1, 0.15) is 48.7 Å². The number of tetrazole rings is 1. The molecule has 3 aromatic heterocycles. The molecule has 1 N–H and O–H groups in total. The van der Waals surface area contributed by atoms with Gasteiger partial charge in [0.15, 0.2) is 5.82 Å². The van der Waals surface area contributed by atoms with Gasteiger partial charge in [0.25, 0.3) is 0 Å². The van der Waals surface area contributed by atoms with Crippen LogP contribution in [0.5, 0.6) is 0 Å². The van der Waals surface area contributed by atoms with E-state index in [4.69, 9.17) is 0 Å². The van der Waals surface area contributed by atoms with E-state index in [2.05, 4.69) is 75.9 Å². The Morgan fingerprint density at radius 2 is 1.62 bits per heavy atom. The fourth-order valence-electron chi connectivity index (χ4n) is 4.79. The van der Waals surface area contributed by atoms with Gasteiger partial charge in [0, 0.05) is 23.1 Å². The Bertz CT molecular complexity index is 1500. The molecule has 37 heavy (non-hydrogen) atoms. The Balaban J connectivity index is 1.45. The van der Waals surface area contributed by atoms with Gasteiger partial charge in [-0.05, 0) is 52.9 Å². The lowest BCUT2D eigenvalue weighted by Crippen LogP contribution is -2.26. The predicted octanol–water partition coefficient (Wildman–Crippen LogP) is 5.03. The van der Waals surface area contributed by atoms with Crippen LogP contribution in [0.4, 0.5) is 0 Å². The zero-order valence-corrected chi connectivity index (χ0v) is 21.3. The monoisotopic (exact) mass is 493 g/mol. The SMILES string of the molecule is CCCCCc1c(C)n(Cc2ccccc2)c(=O)n1Cc1ccc(-c2cccnc2-c2nnn[nH]2)cc1. The number of nitrogens with one attached hydrogen (secondary N) is 1. The zero-order valence-electron chi connectivity index (χ0n) is 21.3. The molecule has 0 spiro atoms. The third-order valence-electron chi connectivity index (χ3n) is 6.79. The predicted molar refractivity (Wildman–Crippen MR) is 144 cm³/mol. The van der Waals surface area contributed by atoms with Gasteiger partial charge < -0.3 is 0 Å². The molecule has 8 nitrogen and oxygen atoms in total. The summed E-state index contributed by atoms with van der Waals surface area (Å²) in [6, 6.07) is 22.4. The molecule has 0 aliphatic rings. The Kier molecular flexibility index (Phi) is 7.35. The van der Waals surface area contributed by atoms with Gasteiger partial charge in [-0.15, -0.1) is 5.10 Å². The molecule has 0 saturated heterocycles. The minimum atomic E-state index is 0.0456. The molecule has 0 aliphatic heterocycles. The number of rotatable bonds is 10. The number of pyridine rings is 1. The van der Waals surface area contributed by atoms with Crippen LogP contribution in [0.3, 0.4) is 0 Å². The van der Waals surface area contributed by atoms with Crippen LogP contribution in [0, 0.1) is 6.92 Å². The van der Waals surface area contributed by atoms with Gasteiger partial charge in [0.05, 0.1) is 13.1 Å². The van der Waals surface area contributed by atoms with Gasteiger partial charge >= 0.3 is 5.69 Å². The topological polar surface area (TPSA) is 94.3 Å². The zero-order chi connectivity index (χ0) is 25.6. The van der Waals surface area contributed by atoms with Crippen LogP contribution < -0.4 is 5.69 Å². The Morgan fingerprint density at radius 1 is 0.865 bits per heavy atom. The third kappa shape index (κ3) is 5.28. The lowest BCUT2D eigenvalue weighted by atomic mass is 10.0. The number of hydrogen-bond acceptors (Lipinski definition) is 5. The normalized spacial score (nSPS) is 11.2. The fraction of sp³-hybridized carbons (Fsp3) is 0.276. The first-order chi connectivity index (χ1) is 18.2. The van der Waals surface area contributed by atoms with E-state index in [0.29, 0.717) is 24.6 Å². The smallest absolute Gasteiger partial charge is 0.292 e. The van der Waals surface area contributed by atoms with Gasteiger partial charge in [0.1, 0.15) is 5.69 Å². The summed E-state index contributed by atoms with van der Waals surface area (Å²) in [5.74, 6) is 0.526. The van der Waals surface area contributed by atoms with E-state index in [9.17, 15) is 4.79 Å². The lowest BCUT2D eigenvalue weighted by molar-refractivity contribution is 0.643. The minimum absolute atomic E-state index is 0.0456. The third-order valence-corrected chi connectivity index (χ3v) is 6.79. The van der Waals surface area contributed by atoms with Crippen molar-refractivity contribution in [2.75, 3.05) is 0 Å². The van der Waals surface area contributed by atoms with Crippen molar-refractivity contribution in [1.29, 1.82) is 0 Å². The van der Waals surface area contributed by atoms with Crippen molar-refractivity contribution < 1.29 is 0 Å². The highest BCUT2D eigenvalue weighted by molar-refractivity contribution is 5.77. The Labute approximate surface area is 216 Å². The average Bonchev–Trinajstić information content (AvgIpc) is 3.55. The van der Waals surface area contributed by atoms with Crippen LogP contribution in [0.15, 0.2) is 77.7 Å². The highest BCUT2D eigenvalue weighted by Gasteiger charge is 2.18. The lowest BCUT2D eigenvalue weighted by Gasteiger charge is -2.10. The van der Waals surface area contributed by atoms with E-state index in [1.54, 1.807) is 6.20 Å². The molecule has 0 fully saturated rings. The maximum Gasteiger partial charge on any atom is 0.329 e. The molecule has 2 aromatic carbocycles. The van der Waals surface area contributed by atoms with Crippen molar-refractivity contribution in [3.05, 3.63) is 106 Å². The fourth-order valence-corrected chi connectivity index (χ4v) is 4.79. The van der Waals surface area contributed by atoms with E-state index >= 15 is 0 Å². The van der Waals surface area contributed by atoms with Crippen LogP contribution in [-0.2, 0) is 19.5 Å². The summed E-state index contributed by atoms with van der Waals surface area (Å²) in [5.41, 5.74) is 7.09. The summed E-state index contributed by atoms with van der Waals surface area (Å²) in [7, 11) is 0. The van der Waals surface area contributed by atoms with Crippen LogP contribution >= 0.6 is 0 Å². The molecule has 8 heteroatoms. The maximum atomic E-state index is 13.6. The molecule has 5 aromatic rings. The van der Waals surface area contributed by atoms with Gasteiger partial charge in [0.2, 0.25) is 0 Å². The van der Waals surface area contributed by atoms with Crippen LogP contribution in [-0.4, -0.2) is 34.7 Å². The van der Waals surface area contributed by atoms with E-state index in [1.165, 1.54) is 0 Å². The molecule has 0 amide bonds. The highest BCUT2D eigenvalue weighted by atomic mass is 16.1. The molecule has 0 unspecified atom stereocenters. The van der Waals surface area contributed by atoms with Gasteiger partial charge in [-0.25, -0.2) is 9.89 Å². The number of aromatic amines is 1. The summed E-state index contributed by atoms with van der Waals surface area (Å²) in [6.07, 6.45) is 6.01. The summed E-state index contributed by atoms with van der Waals surface area (Å²) in [4.78, 5) is 18.1. The summed E-state index contributed by atoms with van der Waals surface area (Å²) >= 11 is 0. The van der Waals surface area contributed by atoms with Crippen molar-refractivity contribution in [2.45, 2.75) is 52.6 Å². The van der Waals surface area contributed by atoms with Crippen molar-refractivity contribution in [2.24, 2.45) is 0 Å². The first kappa shape index (κ1) is 24.4. The molecule has 0 radical (unpaired) electrons. The van der Waals surface area contributed by atoms with Crippen molar-refractivity contribution in [3.8, 4) is 22.6 Å². The number of benzene rings is 2. The molecule has 0 saturated carbocycles. The number of H-pyrrole nitrogens is 1.